The van der Waals surface area contributed by atoms with Gasteiger partial charge in [0.1, 0.15) is 48.8 Å². The van der Waals surface area contributed by atoms with Crippen molar-refractivity contribution in [2.24, 2.45) is 5.73 Å². The second kappa shape index (κ2) is 9.64. The van der Waals surface area contributed by atoms with E-state index in [9.17, 15) is 30.6 Å². The molecule has 12 nitrogen and oxygen atoms in total. The molecule has 9 N–H and O–H groups in total. The number of hydrogen-bond acceptors (Lipinski definition) is 12. The zero-order chi connectivity index (χ0) is 19.4. The Kier molecular flexibility index (Phi) is 8.08. The van der Waals surface area contributed by atoms with Gasteiger partial charge in [-0.15, -0.1) is 0 Å². The van der Waals surface area contributed by atoms with E-state index in [0.717, 1.165) is 0 Å². The zero-order valence-corrected chi connectivity index (χ0v) is 13.9. The highest BCUT2D eigenvalue weighted by Crippen LogP contribution is 2.25. The minimum atomic E-state index is -1.62. The Bertz CT molecular complexity index is 428. The van der Waals surface area contributed by atoms with Crippen LogP contribution in [-0.4, -0.2) is 124 Å². The van der Waals surface area contributed by atoms with Crippen LogP contribution in [0, 0.1) is 0 Å². The van der Waals surface area contributed by atoms with Crippen LogP contribution in [0.2, 0.25) is 0 Å². The van der Waals surface area contributed by atoms with Crippen molar-refractivity contribution >= 4 is 0 Å². The molecule has 0 amide bonds. The summed E-state index contributed by atoms with van der Waals surface area (Å²) in [5.41, 5.74) is 5.30. The molecule has 2 heterocycles. The summed E-state index contributed by atoms with van der Waals surface area (Å²) in [6.07, 6.45) is -14.3. The molecule has 2 aliphatic rings. The topological polar surface area (TPSA) is 205 Å². The number of rotatable bonds is 7. The molecule has 2 fully saturated rings. The van der Waals surface area contributed by atoms with Gasteiger partial charge in [-0.2, -0.15) is 0 Å². The Labute approximate surface area is 149 Å². The molecule has 2 saturated heterocycles. The van der Waals surface area contributed by atoms with Gasteiger partial charge in [-0.1, -0.05) is 0 Å². The van der Waals surface area contributed by atoms with Gasteiger partial charge in [-0.05, 0) is 0 Å². The van der Waals surface area contributed by atoms with Crippen LogP contribution in [-0.2, 0) is 18.9 Å². The summed E-state index contributed by atoms with van der Waals surface area (Å²) >= 11 is 0. The lowest BCUT2D eigenvalue weighted by atomic mass is 9.98. The van der Waals surface area contributed by atoms with Crippen molar-refractivity contribution in [3.8, 4) is 0 Å². The first-order chi connectivity index (χ1) is 12.3. The Hall–Kier alpha value is -0.480. The number of aliphatic hydroxyl groups is 7. The van der Waals surface area contributed by atoms with Gasteiger partial charge in [0.05, 0.1) is 19.8 Å². The fourth-order valence-electron chi connectivity index (χ4n) is 2.77. The minimum absolute atomic E-state index is 0.0465. The van der Waals surface area contributed by atoms with Crippen LogP contribution in [0.15, 0.2) is 0 Å². The van der Waals surface area contributed by atoms with E-state index < -0.39 is 74.6 Å². The quantitative estimate of drug-likeness (QED) is 0.207. The number of hydrogen-bond donors (Lipinski definition) is 8. The molecular formula is C14H27NO11. The van der Waals surface area contributed by atoms with Gasteiger partial charge in [0.25, 0.3) is 0 Å². The molecule has 0 spiro atoms. The van der Waals surface area contributed by atoms with Crippen LogP contribution in [0.25, 0.3) is 0 Å². The van der Waals surface area contributed by atoms with E-state index >= 15 is 0 Å². The molecule has 26 heavy (non-hydrogen) atoms. The van der Waals surface area contributed by atoms with Crippen LogP contribution in [0.3, 0.4) is 0 Å². The van der Waals surface area contributed by atoms with Crippen LogP contribution >= 0.6 is 0 Å². The van der Waals surface area contributed by atoms with Gasteiger partial charge < -0.3 is 60.4 Å². The number of ether oxygens (including phenoxy) is 4. The van der Waals surface area contributed by atoms with E-state index in [1.807, 2.05) is 0 Å². The van der Waals surface area contributed by atoms with Crippen molar-refractivity contribution in [3.63, 3.8) is 0 Å². The largest absolute Gasteiger partial charge is 0.394 e. The normalized spacial score (nSPS) is 47.1. The first-order valence-electron chi connectivity index (χ1n) is 8.25. The molecule has 0 saturated carbocycles. The Morgan fingerprint density at radius 2 is 1.19 bits per heavy atom. The third kappa shape index (κ3) is 4.67. The van der Waals surface area contributed by atoms with Crippen molar-refractivity contribution in [1.82, 2.24) is 0 Å². The first kappa shape index (κ1) is 21.8. The Balaban J connectivity index is 1.96. The van der Waals surface area contributed by atoms with Crippen molar-refractivity contribution in [3.05, 3.63) is 0 Å². The number of aliphatic hydroxyl groups excluding tert-OH is 7. The predicted molar refractivity (Wildman–Crippen MR) is 81.4 cm³/mol. The van der Waals surface area contributed by atoms with Gasteiger partial charge >= 0.3 is 0 Å². The molecule has 0 aromatic heterocycles. The Morgan fingerprint density at radius 1 is 0.692 bits per heavy atom. The monoisotopic (exact) mass is 385 g/mol. The third-order valence-electron chi connectivity index (χ3n) is 4.34. The van der Waals surface area contributed by atoms with Gasteiger partial charge in [0.2, 0.25) is 0 Å². The van der Waals surface area contributed by atoms with Crippen molar-refractivity contribution in [1.29, 1.82) is 0 Å². The summed E-state index contributed by atoms with van der Waals surface area (Å²) in [6, 6.07) is 0. The van der Waals surface area contributed by atoms with Crippen LogP contribution < -0.4 is 5.73 Å². The second-order valence-corrected chi connectivity index (χ2v) is 6.20. The fraction of sp³-hybridized carbons (Fsp3) is 1.00. The summed E-state index contributed by atoms with van der Waals surface area (Å²) in [5, 5.41) is 68.2. The highest BCUT2D eigenvalue weighted by molar-refractivity contribution is 4.91. The average Bonchev–Trinajstić information content (AvgIpc) is 2.64. The Morgan fingerprint density at radius 3 is 1.73 bits per heavy atom. The molecule has 10 atom stereocenters. The maximum atomic E-state index is 10.0. The van der Waals surface area contributed by atoms with Gasteiger partial charge in [-0.3, -0.25) is 0 Å². The second-order valence-electron chi connectivity index (χ2n) is 6.20. The highest BCUT2D eigenvalue weighted by atomic mass is 16.7. The molecule has 0 radical (unpaired) electrons. The molecule has 12 heteroatoms. The molecule has 154 valence electrons. The standard InChI is InChI=1S/C14H27NO11/c15-1-2-23-13-11(21)10(20)8(18)6(26-13)4-24-14-12(22)9(19)7(17)5(3-16)25-14/h5-14,16-22H,1-4,15H2/t5?,6?,7-,8-,9?,10?,11?,12?,13+,14+/m1/s1. The van der Waals surface area contributed by atoms with E-state index in [0.29, 0.717) is 0 Å². The predicted octanol–water partition coefficient (Wildman–Crippen LogP) is -5.41. The number of nitrogens with two attached hydrogens (primary N) is 1. The molecule has 6 unspecified atom stereocenters. The molecule has 0 bridgehead atoms. The van der Waals surface area contributed by atoms with Crippen molar-refractivity contribution in [2.45, 2.75) is 61.4 Å². The van der Waals surface area contributed by atoms with Gasteiger partial charge in [0.15, 0.2) is 12.6 Å². The zero-order valence-electron chi connectivity index (χ0n) is 13.9. The first-order valence-corrected chi connectivity index (χ1v) is 8.25. The lowest BCUT2D eigenvalue weighted by Crippen LogP contribution is -2.61. The summed E-state index contributed by atoms with van der Waals surface area (Å²) < 4.78 is 21.0. The minimum Gasteiger partial charge on any atom is -0.394 e. The molecule has 0 aromatic carbocycles. The van der Waals surface area contributed by atoms with Crippen LogP contribution in [0.4, 0.5) is 0 Å². The van der Waals surface area contributed by atoms with E-state index in [-0.39, 0.29) is 13.2 Å². The van der Waals surface area contributed by atoms with E-state index in [4.69, 9.17) is 29.8 Å². The molecular weight excluding hydrogens is 358 g/mol. The average molecular weight is 385 g/mol. The molecule has 0 aliphatic carbocycles. The van der Waals surface area contributed by atoms with Crippen molar-refractivity contribution < 1.29 is 54.7 Å². The maximum absolute atomic E-state index is 10.0. The van der Waals surface area contributed by atoms with Crippen LogP contribution in [0.5, 0.6) is 0 Å². The summed E-state index contributed by atoms with van der Waals surface area (Å²) in [7, 11) is 0. The van der Waals surface area contributed by atoms with Crippen molar-refractivity contribution in [2.75, 3.05) is 26.4 Å². The lowest BCUT2D eigenvalue weighted by molar-refractivity contribution is -0.330. The van der Waals surface area contributed by atoms with E-state index in [1.54, 1.807) is 0 Å². The summed E-state index contributed by atoms with van der Waals surface area (Å²) in [4.78, 5) is 0. The van der Waals surface area contributed by atoms with E-state index in [1.165, 1.54) is 0 Å². The van der Waals surface area contributed by atoms with E-state index in [2.05, 4.69) is 0 Å². The third-order valence-corrected chi connectivity index (χ3v) is 4.34. The lowest BCUT2D eigenvalue weighted by Gasteiger charge is -2.42. The molecule has 2 rings (SSSR count). The smallest absolute Gasteiger partial charge is 0.186 e. The molecule has 0 aromatic rings. The van der Waals surface area contributed by atoms with Gasteiger partial charge in [-0.25, -0.2) is 0 Å². The summed E-state index contributed by atoms with van der Waals surface area (Å²) in [5.74, 6) is 0. The maximum Gasteiger partial charge on any atom is 0.186 e. The summed E-state index contributed by atoms with van der Waals surface area (Å²) in [6.45, 7) is -0.828. The van der Waals surface area contributed by atoms with Gasteiger partial charge in [0, 0.05) is 6.54 Å². The molecule has 2 aliphatic heterocycles. The van der Waals surface area contributed by atoms with Crippen LogP contribution in [0.1, 0.15) is 0 Å². The highest BCUT2D eigenvalue weighted by Gasteiger charge is 2.47. The SMILES string of the molecule is NCCO[C@H]1OC(CO[C@H]2OC(CO)[C@@H](O)C(O)C2O)[C@@H](O)C(O)C1O. The fourth-order valence-corrected chi connectivity index (χ4v) is 2.77.